The zero-order valence-electron chi connectivity index (χ0n) is 15.7. The molecule has 2 aromatic rings. The van der Waals surface area contributed by atoms with Gasteiger partial charge in [0.15, 0.2) is 0 Å². The van der Waals surface area contributed by atoms with Crippen molar-refractivity contribution in [2.45, 2.75) is 51.0 Å². The van der Waals surface area contributed by atoms with Crippen LogP contribution in [0.15, 0.2) is 42.5 Å². The number of hydrogen-bond donors (Lipinski definition) is 1. The zero-order chi connectivity index (χ0) is 18.5. The maximum Gasteiger partial charge on any atom is 0.0689 e. The number of benzene rings is 2. The van der Waals surface area contributed by atoms with Crippen molar-refractivity contribution >= 4 is 11.6 Å². The molecule has 0 amide bonds. The molecule has 0 spiro atoms. The number of halogens is 1. The molecule has 0 saturated heterocycles. The van der Waals surface area contributed by atoms with Crippen LogP contribution in [-0.2, 0) is 17.6 Å². The summed E-state index contributed by atoms with van der Waals surface area (Å²) < 4.78 is 5.78. The van der Waals surface area contributed by atoms with E-state index in [1.807, 2.05) is 6.07 Å². The van der Waals surface area contributed by atoms with E-state index in [0.717, 1.165) is 42.7 Å². The summed E-state index contributed by atoms with van der Waals surface area (Å²) >= 11 is 6.50. The number of rotatable bonds is 6. The summed E-state index contributed by atoms with van der Waals surface area (Å²) in [6.45, 7) is 2.37. The lowest BCUT2D eigenvalue weighted by molar-refractivity contribution is -0.0149. The summed E-state index contributed by atoms with van der Waals surface area (Å²) in [7, 11) is 1.76. The average molecular weight is 373 g/mol. The van der Waals surface area contributed by atoms with E-state index in [2.05, 4.69) is 43.3 Å². The Bertz CT molecular complexity index is 711. The molecule has 0 aliphatic heterocycles. The van der Waals surface area contributed by atoms with E-state index in [0.29, 0.717) is 5.92 Å². The quantitative estimate of drug-likeness (QED) is 0.737. The molecule has 0 bridgehead atoms. The van der Waals surface area contributed by atoms with E-state index in [4.69, 9.17) is 16.3 Å². The molecule has 1 aliphatic rings. The van der Waals surface area contributed by atoms with Gasteiger partial charge in [0.05, 0.1) is 6.10 Å². The Labute approximate surface area is 162 Å². The minimum atomic E-state index is 0.0756. The topological polar surface area (TPSA) is 29.5 Å². The first kappa shape index (κ1) is 19.4. The van der Waals surface area contributed by atoms with Gasteiger partial charge in [-0.15, -0.1) is 0 Å². The molecule has 3 heteroatoms. The van der Waals surface area contributed by atoms with Gasteiger partial charge in [-0.05, 0) is 54.0 Å². The summed E-state index contributed by atoms with van der Waals surface area (Å²) in [4.78, 5) is 0. The van der Waals surface area contributed by atoms with Crippen LogP contribution < -0.4 is 0 Å². The van der Waals surface area contributed by atoms with Gasteiger partial charge in [0.25, 0.3) is 0 Å². The van der Waals surface area contributed by atoms with E-state index < -0.39 is 0 Å². The third-order valence-corrected chi connectivity index (χ3v) is 6.15. The summed E-state index contributed by atoms with van der Waals surface area (Å²) in [6, 6.07) is 15.2. The summed E-state index contributed by atoms with van der Waals surface area (Å²) in [5.41, 5.74) is 5.07. The fourth-order valence-electron chi connectivity index (χ4n) is 4.24. The first-order valence-electron chi connectivity index (χ1n) is 9.66. The van der Waals surface area contributed by atoms with E-state index >= 15 is 0 Å². The van der Waals surface area contributed by atoms with Crippen LogP contribution in [0.1, 0.15) is 54.4 Å². The van der Waals surface area contributed by atoms with Gasteiger partial charge in [0.1, 0.15) is 0 Å². The van der Waals surface area contributed by atoms with Gasteiger partial charge in [-0.2, -0.15) is 0 Å². The van der Waals surface area contributed by atoms with Crippen molar-refractivity contribution in [1.29, 1.82) is 0 Å². The lowest BCUT2D eigenvalue weighted by Crippen LogP contribution is -2.35. The second-order valence-corrected chi connectivity index (χ2v) is 7.79. The predicted octanol–water partition coefficient (Wildman–Crippen LogP) is 5.38. The van der Waals surface area contributed by atoms with Crippen LogP contribution in [0.3, 0.4) is 0 Å². The minimum Gasteiger partial charge on any atom is -0.396 e. The lowest BCUT2D eigenvalue weighted by atomic mass is 9.75. The maximum atomic E-state index is 9.69. The predicted molar refractivity (Wildman–Crippen MR) is 108 cm³/mol. The molecule has 1 saturated carbocycles. The van der Waals surface area contributed by atoms with Crippen molar-refractivity contribution in [3.8, 4) is 0 Å². The maximum absolute atomic E-state index is 9.69. The van der Waals surface area contributed by atoms with E-state index in [1.54, 1.807) is 7.11 Å². The SMILES string of the molecule is CCc1ccc(Cc2cc([C@@H]3CCC[C@H](CO)[C@@H]3OC)ccc2Cl)cc1. The number of methoxy groups -OCH3 is 1. The van der Waals surface area contributed by atoms with Crippen molar-refractivity contribution in [1.82, 2.24) is 0 Å². The van der Waals surface area contributed by atoms with Crippen LogP contribution in [0.4, 0.5) is 0 Å². The van der Waals surface area contributed by atoms with Crippen molar-refractivity contribution in [2.75, 3.05) is 13.7 Å². The molecule has 1 N–H and O–H groups in total. The molecule has 2 aromatic carbocycles. The van der Waals surface area contributed by atoms with Crippen LogP contribution in [0.5, 0.6) is 0 Å². The highest BCUT2D eigenvalue weighted by Gasteiger charge is 2.34. The second-order valence-electron chi connectivity index (χ2n) is 7.38. The number of aliphatic hydroxyl groups is 1. The Morgan fingerprint density at radius 1 is 1.08 bits per heavy atom. The first-order chi connectivity index (χ1) is 12.7. The molecule has 0 radical (unpaired) electrons. The van der Waals surface area contributed by atoms with Gasteiger partial charge in [-0.25, -0.2) is 0 Å². The molecule has 3 rings (SSSR count). The molecule has 1 aliphatic carbocycles. The molecule has 0 unspecified atom stereocenters. The zero-order valence-corrected chi connectivity index (χ0v) is 16.5. The summed E-state index contributed by atoms with van der Waals surface area (Å²) in [5, 5.41) is 10.5. The highest BCUT2D eigenvalue weighted by atomic mass is 35.5. The fourth-order valence-corrected chi connectivity index (χ4v) is 4.42. The highest BCUT2D eigenvalue weighted by Crippen LogP contribution is 2.39. The van der Waals surface area contributed by atoms with E-state index in [-0.39, 0.29) is 18.6 Å². The molecular weight excluding hydrogens is 344 g/mol. The van der Waals surface area contributed by atoms with E-state index in [9.17, 15) is 5.11 Å². The Morgan fingerprint density at radius 2 is 1.81 bits per heavy atom. The van der Waals surface area contributed by atoms with Crippen LogP contribution in [-0.4, -0.2) is 24.9 Å². The highest BCUT2D eigenvalue weighted by molar-refractivity contribution is 6.31. The second kappa shape index (κ2) is 9.03. The standard InChI is InChI=1S/C23H29ClO2/c1-3-16-7-9-17(10-8-16)13-20-14-18(11-12-22(20)24)21-6-4-5-19(15-25)23(21)26-2/h7-12,14,19,21,23,25H,3-6,13,15H2,1-2H3/t19-,21+,23+/m1/s1. The van der Waals surface area contributed by atoms with Crippen molar-refractivity contribution < 1.29 is 9.84 Å². The summed E-state index contributed by atoms with van der Waals surface area (Å²) in [6.07, 6.45) is 5.24. The number of aryl methyl sites for hydroxylation is 1. The summed E-state index contributed by atoms with van der Waals surface area (Å²) in [5.74, 6) is 0.545. The molecule has 2 nitrogen and oxygen atoms in total. The Balaban J connectivity index is 1.84. The van der Waals surface area contributed by atoms with Crippen molar-refractivity contribution in [3.63, 3.8) is 0 Å². The van der Waals surface area contributed by atoms with Gasteiger partial charge in [-0.1, -0.05) is 61.3 Å². The Morgan fingerprint density at radius 3 is 2.46 bits per heavy atom. The van der Waals surface area contributed by atoms with Gasteiger partial charge in [0, 0.05) is 30.6 Å². The smallest absolute Gasteiger partial charge is 0.0689 e. The molecule has 0 heterocycles. The monoisotopic (exact) mass is 372 g/mol. The third-order valence-electron chi connectivity index (χ3n) is 5.78. The molecule has 26 heavy (non-hydrogen) atoms. The molecular formula is C23H29ClO2. The van der Waals surface area contributed by atoms with Gasteiger partial charge in [0.2, 0.25) is 0 Å². The van der Waals surface area contributed by atoms with Crippen molar-refractivity contribution in [3.05, 3.63) is 69.7 Å². The molecule has 0 aromatic heterocycles. The lowest BCUT2D eigenvalue weighted by Gasteiger charge is -2.37. The first-order valence-corrected chi connectivity index (χ1v) is 10.0. The minimum absolute atomic E-state index is 0.0756. The number of hydrogen-bond acceptors (Lipinski definition) is 2. The molecule has 140 valence electrons. The molecule has 3 atom stereocenters. The third kappa shape index (κ3) is 4.31. The van der Waals surface area contributed by atoms with E-state index in [1.165, 1.54) is 16.7 Å². The van der Waals surface area contributed by atoms with Gasteiger partial charge in [-0.3, -0.25) is 0 Å². The van der Waals surface area contributed by atoms with Crippen LogP contribution in [0.2, 0.25) is 5.02 Å². The Hall–Kier alpha value is -1.35. The van der Waals surface area contributed by atoms with Crippen LogP contribution >= 0.6 is 11.6 Å². The van der Waals surface area contributed by atoms with Crippen molar-refractivity contribution in [2.24, 2.45) is 5.92 Å². The fraction of sp³-hybridized carbons (Fsp3) is 0.478. The molecule has 1 fully saturated rings. The normalized spacial score (nSPS) is 23.2. The van der Waals surface area contributed by atoms with Crippen LogP contribution in [0.25, 0.3) is 0 Å². The Kier molecular flexibility index (Phi) is 6.74. The van der Waals surface area contributed by atoms with Gasteiger partial charge >= 0.3 is 0 Å². The number of aliphatic hydroxyl groups excluding tert-OH is 1. The average Bonchev–Trinajstić information content (AvgIpc) is 2.69. The number of ether oxygens (including phenoxy) is 1. The largest absolute Gasteiger partial charge is 0.396 e. The van der Waals surface area contributed by atoms with Gasteiger partial charge < -0.3 is 9.84 Å². The van der Waals surface area contributed by atoms with Crippen LogP contribution in [0, 0.1) is 5.92 Å².